The molecule has 0 bridgehead atoms. The van der Waals surface area contributed by atoms with Crippen LogP contribution in [0.5, 0.6) is 5.75 Å². The lowest BCUT2D eigenvalue weighted by Crippen LogP contribution is -2.53. The van der Waals surface area contributed by atoms with Crippen molar-refractivity contribution in [2.75, 3.05) is 26.2 Å². The third-order valence-corrected chi connectivity index (χ3v) is 7.28. The number of fused-ring (bicyclic) bond motifs is 1. The number of benzene rings is 1. The van der Waals surface area contributed by atoms with Gasteiger partial charge in [-0.2, -0.15) is 0 Å². The van der Waals surface area contributed by atoms with Crippen LogP contribution in [0.25, 0.3) is 0 Å². The molecular weight excluding hydrogens is 364 g/mol. The van der Waals surface area contributed by atoms with E-state index >= 15 is 0 Å². The summed E-state index contributed by atoms with van der Waals surface area (Å²) in [4.78, 5) is 29.5. The lowest BCUT2D eigenvalue weighted by Gasteiger charge is -2.47. The van der Waals surface area contributed by atoms with Gasteiger partial charge in [-0.1, -0.05) is 24.6 Å². The molecule has 2 amide bonds. The van der Waals surface area contributed by atoms with E-state index in [1.807, 2.05) is 36.9 Å². The molecule has 1 aromatic carbocycles. The summed E-state index contributed by atoms with van der Waals surface area (Å²) in [5.41, 5.74) is 0.908. The van der Waals surface area contributed by atoms with Gasteiger partial charge in [0.15, 0.2) is 0 Å². The minimum atomic E-state index is -0.251. The van der Waals surface area contributed by atoms with Crippen molar-refractivity contribution in [2.24, 2.45) is 5.92 Å². The highest BCUT2D eigenvalue weighted by Crippen LogP contribution is 2.47. The van der Waals surface area contributed by atoms with Crippen LogP contribution in [-0.2, 0) is 9.59 Å². The van der Waals surface area contributed by atoms with Crippen molar-refractivity contribution >= 4 is 11.8 Å². The molecule has 0 unspecified atom stereocenters. The second kappa shape index (κ2) is 8.37. The molecule has 2 heterocycles. The van der Waals surface area contributed by atoms with Gasteiger partial charge in [-0.3, -0.25) is 9.59 Å². The zero-order valence-corrected chi connectivity index (χ0v) is 17.9. The fraction of sp³-hybridized carbons (Fsp3) is 0.667. The zero-order valence-electron chi connectivity index (χ0n) is 17.9. The summed E-state index contributed by atoms with van der Waals surface area (Å²) in [6.45, 7) is 7.13. The van der Waals surface area contributed by atoms with E-state index in [4.69, 9.17) is 4.74 Å². The van der Waals surface area contributed by atoms with Crippen molar-refractivity contribution in [3.63, 3.8) is 0 Å². The number of piperidine rings is 1. The first-order chi connectivity index (χ1) is 14.0. The molecule has 1 atom stereocenters. The maximum Gasteiger partial charge on any atom is 0.225 e. The van der Waals surface area contributed by atoms with E-state index < -0.39 is 0 Å². The smallest absolute Gasteiger partial charge is 0.225 e. The molecule has 0 aromatic heterocycles. The summed E-state index contributed by atoms with van der Waals surface area (Å²) >= 11 is 0. The van der Waals surface area contributed by atoms with E-state index in [-0.39, 0.29) is 23.3 Å². The number of carbonyl (C=O) groups is 2. The van der Waals surface area contributed by atoms with E-state index in [1.165, 1.54) is 6.42 Å². The Morgan fingerprint density at radius 2 is 1.83 bits per heavy atom. The van der Waals surface area contributed by atoms with Crippen LogP contribution in [0.4, 0.5) is 0 Å². The standard InChI is InChI=1S/C24H34N2O3/c1-3-25(4-2)22(27)16-19-17-24(29-21-11-6-5-10-20(19)21)12-14-26(15-13-24)23(28)18-8-7-9-18/h5-6,10-11,18-19H,3-4,7-9,12-17H2,1-2H3/t19-/m0/s1. The summed E-state index contributed by atoms with van der Waals surface area (Å²) in [5, 5.41) is 0. The Kier molecular flexibility index (Phi) is 5.84. The number of hydrogen-bond acceptors (Lipinski definition) is 3. The molecule has 5 nitrogen and oxygen atoms in total. The minimum absolute atomic E-state index is 0.182. The SMILES string of the molecule is CCN(CC)C(=O)C[C@H]1CC2(CCN(C(=O)C3CCC3)CC2)Oc2ccccc21. The first kappa shape index (κ1) is 20.2. The first-order valence-corrected chi connectivity index (χ1v) is 11.4. The van der Waals surface area contributed by atoms with Crippen molar-refractivity contribution < 1.29 is 14.3 Å². The molecule has 1 aliphatic carbocycles. The summed E-state index contributed by atoms with van der Waals surface area (Å²) < 4.78 is 6.55. The molecule has 2 fully saturated rings. The molecule has 3 aliphatic rings. The highest BCUT2D eigenvalue weighted by molar-refractivity contribution is 5.79. The average molecular weight is 399 g/mol. The molecule has 0 N–H and O–H groups in total. The van der Waals surface area contributed by atoms with Crippen molar-refractivity contribution in [3.8, 4) is 5.75 Å². The summed E-state index contributed by atoms with van der Waals surface area (Å²) in [7, 11) is 0. The molecule has 5 heteroatoms. The van der Waals surface area contributed by atoms with Gasteiger partial charge in [0.05, 0.1) is 0 Å². The molecule has 1 spiro atoms. The quantitative estimate of drug-likeness (QED) is 0.754. The van der Waals surface area contributed by atoms with Crippen LogP contribution in [-0.4, -0.2) is 53.4 Å². The Bertz CT molecular complexity index is 746. The van der Waals surface area contributed by atoms with Gasteiger partial charge in [0.25, 0.3) is 0 Å². The van der Waals surface area contributed by atoms with Crippen LogP contribution >= 0.6 is 0 Å². The molecule has 1 aromatic rings. The summed E-state index contributed by atoms with van der Waals surface area (Å²) in [6, 6.07) is 8.19. The lowest BCUT2D eigenvalue weighted by molar-refractivity contribution is -0.142. The van der Waals surface area contributed by atoms with Gasteiger partial charge in [-0.05, 0) is 44.7 Å². The van der Waals surface area contributed by atoms with Crippen LogP contribution in [0.3, 0.4) is 0 Å². The molecule has 2 aliphatic heterocycles. The van der Waals surface area contributed by atoms with E-state index in [0.717, 1.165) is 69.6 Å². The van der Waals surface area contributed by atoms with Gasteiger partial charge in [0.2, 0.25) is 11.8 Å². The highest BCUT2D eigenvalue weighted by atomic mass is 16.5. The second-order valence-corrected chi connectivity index (χ2v) is 8.95. The third-order valence-electron chi connectivity index (χ3n) is 7.28. The average Bonchev–Trinajstić information content (AvgIpc) is 2.68. The van der Waals surface area contributed by atoms with E-state index in [2.05, 4.69) is 11.0 Å². The number of likely N-dealkylation sites (tertiary alicyclic amines) is 1. The van der Waals surface area contributed by atoms with Crippen LogP contribution < -0.4 is 4.74 Å². The normalized spacial score (nSPS) is 23.1. The van der Waals surface area contributed by atoms with Crippen molar-refractivity contribution in [1.82, 2.24) is 9.80 Å². The van der Waals surface area contributed by atoms with Gasteiger partial charge in [0.1, 0.15) is 11.4 Å². The van der Waals surface area contributed by atoms with Gasteiger partial charge in [0, 0.05) is 57.3 Å². The maximum absolute atomic E-state index is 12.8. The summed E-state index contributed by atoms with van der Waals surface area (Å²) in [5.74, 6) is 1.94. The molecule has 0 radical (unpaired) electrons. The molecule has 29 heavy (non-hydrogen) atoms. The molecular formula is C24H34N2O3. The Hall–Kier alpha value is -2.04. The predicted molar refractivity (Wildman–Crippen MR) is 113 cm³/mol. The summed E-state index contributed by atoms with van der Waals surface area (Å²) in [6.07, 6.45) is 6.42. The fourth-order valence-electron chi connectivity index (χ4n) is 5.20. The molecule has 4 rings (SSSR count). The van der Waals surface area contributed by atoms with Gasteiger partial charge in [-0.15, -0.1) is 0 Å². The number of carbonyl (C=O) groups excluding carboxylic acids is 2. The minimum Gasteiger partial charge on any atom is -0.487 e. The molecule has 1 saturated heterocycles. The van der Waals surface area contributed by atoms with Crippen molar-refractivity contribution in [3.05, 3.63) is 29.8 Å². The zero-order chi connectivity index (χ0) is 20.4. The topological polar surface area (TPSA) is 49.9 Å². The Labute approximate surface area is 174 Å². The lowest BCUT2D eigenvalue weighted by atomic mass is 9.75. The Morgan fingerprint density at radius 3 is 2.45 bits per heavy atom. The van der Waals surface area contributed by atoms with Gasteiger partial charge >= 0.3 is 0 Å². The van der Waals surface area contributed by atoms with Crippen LogP contribution in [0.1, 0.15) is 70.3 Å². The number of para-hydroxylation sites is 1. The Morgan fingerprint density at radius 1 is 1.14 bits per heavy atom. The Balaban J connectivity index is 1.48. The van der Waals surface area contributed by atoms with Crippen LogP contribution in [0, 0.1) is 5.92 Å². The van der Waals surface area contributed by atoms with Gasteiger partial charge < -0.3 is 14.5 Å². The largest absolute Gasteiger partial charge is 0.487 e. The van der Waals surface area contributed by atoms with Crippen LogP contribution in [0.2, 0.25) is 0 Å². The highest BCUT2D eigenvalue weighted by Gasteiger charge is 2.45. The van der Waals surface area contributed by atoms with E-state index in [1.54, 1.807) is 0 Å². The number of hydrogen-bond donors (Lipinski definition) is 0. The molecule has 158 valence electrons. The van der Waals surface area contributed by atoms with Crippen molar-refractivity contribution in [1.29, 1.82) is 0 Å². The van der Waals surface area contributed by atoms with Gasteiger partial charge in [-0.25, -0.2) is 0 Å². The number of amides is 2. The predicted octanol–water partition coefficient (Wildman–Crippen LogP) is 3.97. The maximum atomic E-state index is 12.8. The van der Waals surface area contributed by atoms with Crippen LogP contribution in [0.15, 0.2) is 24.3 Å². The monoisotopic (exact) mass is 398 g/mol. The first-order valence-electron chi connectivity index (χ1n) is 11.4. The number of ether oxygens (including phenoxy) is 1. The number of nitrogens with zero attached hydrogens (tertiary/aromatic N) is 2. The molecule has 1 saturated carbocycles. The fourth-order valence-corrected chi connectivity index (χ4v) is 5.20. The van der Waals surface area contributed by atoms with E-state index in [9.17, 15) is 9.59 Å². The van der Waals surface area contributed by atoms with E-state index in [0.29, 0.717) is 12.3 Å². The third kappa shape index (κ3) is 4.01. The van der Waals surface area contributed by atoms with Crippen molar-refractivity contribution in [2.45, 2.75) is 70.3 Å². The second-order valence-electron chi connectivity index (χ2n) is 8.95. The number of rotatable bonds is 5.